The molecule has 0 aliphatic carbocycles. The minimum atomic E-state index is -0.636. The van der Waals surface area contributed by atoms with Crippen molar-refractivity contribution in [2.75, 3.05) is 33.4 Å². The van der Waals surface area contributed by atoms with E-state index in [9.17, 15) is 9.59 Å². The SMILES string of the molecule is COCCC(=O)N1C[C@@H](c2ccnn2C(C)C)[C@@]2(CCCN(Cc3ccccn3)C2=O)C1. The molecule has 2 amide bonds. The summed E-state index contributed by atoms with van der Waals surface area (Å²) in [5.41, 5.74) is 1.28. The molecule has 1 spiro atoms. The van der Waals surface area contributed by atoms with Crippen LogP contribution >= 0.6 is 0 Å². The lowest BCUT2D eigenvalue weighted by Gasteiger charge is -2.42. The molecule has 32 heavy (non-hydrogen) atoms. The largest absolute Gasteiger partial charge is 0.384 e. The molecule has 0 saturated carbocycles. The molecule has 4 rings (SSSR count). The summed E-state index contributed by atoms with van der Waals surface area (Å²) in [6.07, 6.45) is 5.57. The van der Waals surface area contributed by atoms with Gasteiger partial charge in [-0.3, -0.25) is 19.3 Å². The van der Waals surface area contributed by atoms with Crippen molar-refractivity contribution in [3.63, 3.8) is 0 Å². The number of likely N-dealkylation sites (tertiary alicyclic amines) is 2. The van der Waals surface area contributed by atoms with Gasteiger partial charge in [0.25, 0.3) is 0 Å². The fourth-order valence-corrected chi connectivity index (χ4v) is 5.27. The minimum absolute atomic E-state index is 0.0407. The van der Waals surface area contributed by atoms with Crippen LogP contribution in [0.2, 0.25) is 0 Å². The number of nitrogens with zero attached hydrogens (tertiary/aromatic N) is 5. The molecule has 0 N–H and O–H groups in total. The fraction of sp³-hybridized carbons (Fsp3) is 0.583. The monoisotopic (exact) mass is 439 g/mol. The Labute approximate surface area is 189 Å². The molecule has 0 aromatic carbocycles. The number of pyridine rings is 1. The number of hydrogen-bond acceptors (Lipinski definition) is 5. The number of methoxy groups -OCH3 is 1. The Bertz CT molecular complexity index is 944. The van der Waals surface area contributed by atoms with Gasteiger partial charge in [0.05, 0.1) is 30.7 Å². The van der Waals surface area contributed by atoms with Gasteiger partial charge in [-0.2, -0.15) is 5.10 Å². The Balaban J connectivity index is 1.67. The molecule has 0 bridgehead atoms. The van der Waals surface area contributed by atoms with Gasteiger partial charge in [0.1, 0.15) is 0 Å². The molecule has 2 saturated heterocycles. The Morgan fingerprint density at radius 1 is 1.28 bits per heavy atom. The lowest BCUT2D eigenvalue weighted by Crippen LogP contribution is -2.52. The average Bonchev–Trinajstić information content (AvgIpc) is 3.42. The number of piperidine rings is 1. The second-order valence-electron chi connectivity index (χ2n) is 9.17. The van der Waals surface area contributed by atoms with E-state index in [1.54, 1.807) is 19.5 Å². The Morgan fingerprint density at radius 3 is 2.84 bits per heavy atom. The molecule has 172 valence electrons. The summed E-state index contributed by atoms with van der Waals surface area (Å²) in [5.74, 6) is 0.0786. The van der Waals surface area contributed by atoms with Crippen LogP contribution in [0.25, 0.3) is 0 Å². The standard InChI is InChI=1S/C24H33N5O3/c1-18(2)29-21(8-12-26-29)20-16-28(22(30)9-14-32-3)17-24(20)10-6-13-27(23(24)31)15-19-7-4-5-11-25-19/h4-5,7-8,11-12,18,20H,6,9-10,13-17H2,1-3H3/t20-,24+/m0/s1. The molecule has 2 aromatic rings. The van der Waals surface area contributed by atoms with Gasteiger partial charge in [-0.15, -0.1) is 0 Å². The van der Waals surface area contributed by atoms with Crippen LogP contribution in [-0.4, -0.2) is 69.7 Å². The number of amides is 2. The zero-order valence-corrected chi connectivity index (χ0v) is 19.2. The van der Waals surface area contributed by atoms with E-state index in [2.05, 4.69) is 23.9 Å². The summed E-state index contributed by atoms with van der Waals surface area (Å²) in [6, 6.07) is 7.98. The number of aromatic nitrogens is 3. The molecule has 2 aromatic heterocycles. The van der Waals surface area contributed by atoms with Gasteiger partial charge in [-0.05, 0) is 44.9 Å². The van der Waals surface area contributed by atoms with Gasteiger partial charge < -0.3 is 14.5 Å². The van der Waals surface area contributed by atoms with E-state index in [4.69, 9.17) is 4.74 Å². The van der Waals surface area contributed by atoms with Crippen molar-refractivity contribution in [2.45, 2.75) is 51.6 Å². The van der Waals surface area contributed by atoms with E-state index in [1.807, 2.05) is 38.7 Å². The third-order valence-electron chi connectivity index (χ3n) is 6.81. The zero-order valence-electron chi connectivity index (χ0n) is 19.2. The first-order valence-corrected chi connectivity index (χ1v) is 11.5. The van der Waals surface area contributed by atoms with Crippen molar-refractivity contribution in [3.8, 4) is 0 Å². The van der Waals surface area contributed by atoms with E-state index in [-0.39, 0.29) is 23.8 Å². The third kappa shape index (κ3) is 4.16. The summed E-state index contributed by atoms with van der Waals surface area (Å²) in [6.45, 7) is 6.76. The summed E-state index contributed by atoms with van der Waals surface area (Å²) in [5, 5.41) is 4.53. The highest BCUT2D eigenvalue weighted by Gasteiger charge is 2.57. The van der Waals surface area contributed by atoms with Crippen LogP contribution in [-0.2, 0) is 20.9 Å². The van der Waals surface area contributed by atoms with Crippen LogP contribution in [0.1, 0.15) is 56.5 Å². The highest BCUT2D eigenvalue weighted by molar-refractivity contribution is 5.87. The molecule has 8 heteroatoms. The lowest BCUT2D eigenvalue weighted by atomic mass is 9.70. The Hall–Kier alpha value is -2.74. The second kappa shape index (κ2) is 9.40. The van der Waals surface area contributed by atoms with Crippen LogP contribution in [0.3, 0.4) is 0 Å². The van der Waals surface area contributed by atoms with E-state index < -0.39 is 5.41 Å². The van der Waals surface area contributed by atoms with Crippen LogP contribution < -0.4 is 0 Å². The number of carbonyl (C=O) groups excluding carboxylic acids is 2. The predicted molar refractivity (Wildman–Crippen MR) is 120 cm³/mol. The van der Waals surface area contributed by atoms with Crippen molar-refractivity contribution < 1.29 is 14.3 Å². The number of ether oxygens (including phenoxy) is 1. The highest BCUT2D eigenvalue weighted by atomic mass is 16.5. The zero-order chi connectivity index (χ0) is 22.7. The van der Waals surface area contributed by atoms with Crippen molar-refractivity contribution in [2.24, 2.45) is 5.41 Å². The van der Waals surface area contributed by atoms with E-state index >= 15 is 0 Å². The van der Waals surface area contributed by atoms with Crippen LogP contribution in [0.4, 0.5) is 0 Å². The van der Waals surface area contributed by atoms with Gasteiger partial charge in [0, 0.05) is 56.8 Å². The molecule has 0 unspecified atom stereocenters. The van der Waals surface area contributed by atoms with Crippen molar-refractivity contribution in [1.29, 1.82) is 0 Å². The molecule has 2 aliphatic heterocycles. The number of hydrogen-bond donors (Lipinski definition) is 0. The molecule has 4 heterocycles. The molecule has 2 aliphatic rings. The van der Waals surface area contributed by atoms with Crippen LogP contribution in [0.5, 0.6) is 0 Å². The van der Waals surface area contributed by atoms with E-state index in [0.29, 0.717) is 39.2 Å². The van der Waals surface area contributed by atoms with Crippen molar-refractivity contribution >= 4 is 11.8 Å². The number of carbonyl (C=O) groups is 2. The summed E-state index contributed by atoms with van der Waals surface area (Å²) in [7, 11) is 1.60. The van der Waals surface area contributed by atoms with Gasteiger partial charge in [0.2, 0.25) is 11.8 Å². The molecule has 2 atom stereocenters. The highest BCUT2D eigenvalue weighted by Crippen LogP contribution is 2.50. The molecular weight excluding hydrogens is 406 g/mol. The molecule has 2 fully saturated rings. The lowest BCUT2D eigenvalue weighted by molar-refractivity contribution is -0.148. The molecular formula is C24H33N5O3. The van der Waals surface area contributed by atoms with Crippen LogP contribution in [0, 0.1) is 5.41 Å². The maximum Gasteiger partial charge on any atom is 0.231 e. The van der Waals surface area contributed by atoms with Crippen molar-refractivity contribution in [3.05, 3.63) is 48.0 Å². The maximum absolute atomic E-state index is 14.0. The normalized spacial score (nSPS) is 23.5. The fourth-order valence-electron chi connectivity index (χ4n) is 5.27. The first-order chi connectivity index (χ1) is 15.5. The van der Waals surface area contributed by atoms with Crippen molar-refractivity contribution in [1.82, 2.24) is 24.6 Å². The van der Waals surface area contributed by atoms with Gasteiger partial charge >= 0.3 is 0 Å². The van der Waals surface area contributed by atoms with Gasteiger partial charge in [0.15, 0.2) is 0 Å². The van der Waals surface area contributed by atoms with Gasteiger partial charge in [-0.1, -0.05) is 6.07 Å². The topological polar surface area (TPSA) is 80.6 Å². The van der Waals surface area contributed by atoms with E-state index in [1.165, 1.54) is 0 Å². The first kappa shape index (κ1) is 22.5. The smallest absolute Gasteiger partial charge is 0.231 e. The summed E-state index contributed by atoms with van der Waals surface area (Å²) < 4.78 is 7.12. The quantitative estimate of drug-likeness (QED) is 0.663. The van der Waals surface area contributed by atoms with E-state index in [0.717, 1.165) is 24.2 Å². The third-order valence-corrected chi connectivity index (χ3v) is 6.81. The van der Waals surface area contributed by atoms with Crippen LogP contribution in [0.15, 0.2) is 36.7 Å². The maximum atomic E-state index is 14.0. The predicted octanol–water partition coefficient (Wildman–Crippen LogP) is 2.63. The first-order valence-electron chi connectivity index (χ1n) is 11.5. The van der Waals surface area contributed by atoms with Gasteiger partial charge in [-0.25, -0.2) is 0 Å². The Kier molecular flexibility index (Phi) is 6.60. The summed E-state index contributed by atoms with van der Waals surface area (Å²) >= 11 is 0. The molecule has 8 nitrogen and oxygen atoms in total. The minimum Gasteiger partial charge on any atom is -0.384 e. The second-order valence-corrected chi connectivity index (χ2v) is 9.17. The average molecular weight is 440 g/mol. The summed E-state index contributed by atoms with van der Waals surface area (Å²) in [4.78, 5) is 35.2. The molecule has 0 radical (unpaired) electrons. The Morgan fingerprint density at radius 2 is 2.12 bits per heavy atom. The number of rotatable bonds is 7.